The van der Waals surface area contributed by atoms with Crippen LogP contribution in [0.2, 0.25) is 0 Å². The van der Waals surface area contributed by atoms with Crippen LogP contribution in [-0.2, 0) is 6.42 Å². The van der Waals surface area contributed by atoms with Gasteiger partial charge in [0, 0.05) is 32.4 Å². The van der Waals surface area contributed by atoms with Crippen molar-refractivity contribution in [1.82, 2.24) is 14.9 Å². The number of rotatable bonds is 3. The van der Waals surface area contributed by atoms with Crippen molar-refractivity contribution in [3.8, 4) is 0 Å². The zero-order valence-electron chi connectivity index (χ0n) is 11.1. The minimum absolute atomic E-state index is 0.749. The highest BCUT2D eigenvalue weighted by molar-refractivity contribution is 5.36. The molecule has 0 spiro atoms. The Labute approximate surface area is 104 Å². The van der Waals surface area contributed by atoms with Gasteiger partial charge in [-0.2, -0.15) is 0 Å². The van der Waals surface area contributed by atoms with Crippen molar-refractivity contribution in [3.05, 3.63) is 18.1 Å². The van der Waals surface area contributed by atoms with Crippen LogP contribution in [0.3, 0.4) is 0 Å². The summed E-state index contributed by atoms with van der Waals surface area (Å²) in [5.74, 6) is 1.75. The number of hydrogen-bond acceptors (Lipinski definition) is 4. The Bertz CT molecular complexity index is 364. The topological polar surface area (TPSA) is 32.3 Å². The van der Waals surface area contributed by atoms with Gasteiger partial charge in [-0.15, -0.1) is 0 Å². The first-order valence-electron chi connectivity index (χ1n) is 6.32. The Balaban J connectivity index is 2.00. The summed E-state index contributed by atoms with van der Waals surface area (Å²) < 4.78 is 0. The van der Waals surface area contributed by atoms with Gasteiger partial charge in [-0.1, -0.05) is 0 Å². The summed E-state index contributed by atoms with van der Waals surface area (Å²) in [5, 5.41) is 0. The molecule has 0 saturated carbocycles. The molecule has 1 aliphatic rings. The lowest BCUT2D eigenvalue weighted by molar-refractivity contribution is 0.208. The van der Waals surface area contributed by atoms with Gasteiger partial charge in [0.05, 0.1) is 0 Å². The largest absolute Gasteiger partial charge is 0.363 e. The predicted molar refractivity (Wildman–Crippen MR) is 70.3 cm³/mol. The minimum atomic E-state index is 0.749. The van der Waals surface area contributed by atoms with Crippen molar-refractivity contribution in [1.29, 1.82) is 0 Å². The Morgan fingerprint density at radius 3 is 2.94 bits per heavy atom. The van der Waals surface area contributed by atoms with E-state index in [1.807, 2.05) is 19.0 Å². The van der Waals surface area contributed by atoms with Crippen molar-refractivity contribution in [2.24, 2.45) is 5.92 Å². The fraction of sp³-hybridized carbons (Fsp3) is 0.692. The van der Waals surface area contributed by atoms with Gasteiger partial charge in [0.25, 0.3) is 0 Å². The van der Waals surface area contributed by atoms with Crippen molar-refractivity contribution in [3.63, 3.8) is 0 Å². The number of anilines is 1. The van der Waals surface area contributed by atoms with Crippen molar-refractivity contribution in [2.75, 3.05) is 39.1 Å². The second kappa shape index (κ2) is 5.45. The summed E-state index contributed by atoms with van der Waals surface area (Å²) in [5.41, 5.74) is 1.17. The van der Waals surface area contributed by atoms with Crippen LogP contribution in [0.4, 0.5) is 5.82 Å². The maximum absolute atomic E-state index is 4.38. The molecule has 17 heavy (non-hydrogen) atoms. The summed E-state index contributed by atoms with van der Waals surface area (Å²) in [6.45, 7) is 2.44. The molecule has 1 fully saturated rings. The van der Waals surface area contributed by atoms with Crippen LogP contribution in [0.1, 0.15) is 18.5 Å². The summed E-state index contributed by atoms with van der Waals surface area (Å²) in [7, 11) is 6.23. The van der Waals surface area contributed by atoms with Crippen LogP contribution in [-0.4, -0.2) is 49.1 Å². The standard InChI is InChI=1S/C13H22N4/c1-16(2)13-8-12(14-10-15-13)7-11-5-4-6-17(3)9-11/h8,10-11H,4-7,9H2,1-3H3/t11-/m1/s1. The summed E-state index contributed by atoms with van der Waals surface area (Å²) in [4.78, 5) is 13.1. The van der Waals surface area contributed by atoms with E-state index in [2.05, 4.69) is 28.0 Å². The van der Waals surface area contributed by atoms with Gasteiger partial charge in [-0.3, -0.25) is 0 Å². The molecule has 4 nitrogen and oxygen atoms in total. The Morgan fingerprint density at radius 2 is 2.24 bits per heavy atom. The number of aromatic nitrogens is 2. The molecular weight excluding hydrogens is 212 g/mol. The van der Waals surface area contributed by atoms with Crippen LogP contribution >= 0.6 is 0 Å². The normalized spacial score (nSPS) is 21.5. The quantitative estimate of drug-likeness (QED) is 0.792. The average molecular weight is 234 g/mol. The van der Waals surface area contributed by atoms with E-state index in [0.29, 0.717) is 0 Å². The van der Waals surface area contributed by atoms with E-state index in [1.165, 1.54) is 31.6 Å². The molecule has 1 aromatic rings. The molecule has 0 aromatic carbocycles. The van der Waals surface area contributed by atoms with E-state index in [0.717, 1.165) is 18.2 Å². The molecule has 94 valence electrons. The molecular formula is C13H22N4. The number of piperidine rings is 1. The second-order valence-electron chi connectivity index (χ2n) is 5.24. The molecule has 0 N–H and O–H groups in total. The SMILES string of the molecule is CN1CCC[C@H](Cc2cc(N(C)C)ncn2)C1. The molecule has 1 saturated heterocycles. The highest BCUT2D eigenvalue weighted by atomic mass is 15.1. The minimum Gasteiger partial charge on any atom is -0.363 e. The number of nitrogens with zero attached hydrogens (tertiary/aromatic N) is 4. The zero-order chi connectivity index (χ0) is 12.3. The Morgan fingerprint density at radius 1 is 1.41 bits per heavy atom. The first-order chi connectivity index (χ1) is 8.15. The fourth-order valence-corrected chi connectivity index (χ4v) is 2.48. The van der Waals surface area contributed by atoms with Crippen LogP contribution in [0.25, 0.3) is 0 Å². The maximum Gasteiger partial charge on any atom is 0.131 e. The van der Waals surface area contributed by atoms with Crippen LogP contribution < -0.4 is 4.90 Å². The smallest absolute Gasteiger partial charge is 0.131 e. The van der Waals surface area contributed by atoms with E-state index < -0.39 is 0 Å². The first-order valence-corrected chi connectivity index (χ1v) is 6.32. The molecule has 0 bridgehead atoms. The Hall–Kier alpha value is -1.16. The van der Waals surface area contributed by atoms with E-state index in [-0.39, 0.29) is 0 Å². The average Bonchev–Trinajstić information content (AvgIpc) is 2.29. The monoisotopic (exact) mass is 234 g/mol. The van der Waals surface area contributed by atoms with Gasteiger partial charge in [-0.25, -0.2) is 9.97 Å². The van der Waals surface area contributed by atoms with Crippen LogP contribution in [0, 0.1) is 5.92 Å². The third kappa shape index (κ3) is 3.40. The van der Waals surface area contributed by atoms with Gasteiger partial charge in [0.15, 0.2) is 0 Å². The van der Waals surface area contributed by atoms with Gasteiger partial charge in [0.1, 0.15) is 12.1 Å². The summed E-state index contributed by atoms with van der Waals surface area (Å²) >= 11 is 0. The lowest BCUT2D eigenvalue weighted by Crippen LogP contribution is -2.33. The van der Waals surface area contributed by atoms with Gasteiger partial charge in [0.2, 0.25) is 0 Å². The molecule has 1 aliphatic heterocycles. The van der Waals surface area contributed by atoms with E-state index in [4.69, 9.17) is 0 Å². The third-order valence-corrected chi connectivity index (χ3v) is 3.39. The van der Waals surface area contributed by atoms with E-state index >= 15 is 0 Å². The highest BCUT2D eigenvalue weighted by Gasteiger charge is 2.18. The molecule has 1 atom stereocenters. The molecule has 0 aliphatic carbocycles. The van der Waals surface area contributed by atoms with Gasteiger partial charge >= 0.3 is 0 Å². The molecule has 0 amide bonds. The molecule has 0 radical (unpaired) electrons. The van der Waals surface area contributed by atoms with E-state index in [1.54, 1.807) is 6.33 Å². The van der Waals surface area contributed by atoms with Gasteiger partial charge < -0.3 is 9.80 Å². The van der Waals surface area contributed by atoms with Crippen molar-refractivity contribution < 1.29 is 0 Å². The lowest BCUT2D eigenvalue weighted by atomic mass is 9.93. The fourth-order valence-electron chi connectivity index (χ4n) is 2.48. The molecule has 4 heteroatoms. The van der Waals surface area contributed by atoms with Crippen LogP contribution in [0.5, 0.6) is 0 Å². The zero-order valence-corrected chi connectivity index (χ0v) is 11.1. The van der Waals surface area contributed by atoms with E-state index in [9.17, 15) is 0 Å². The number of likely N-dealkylation sites (tertiary alicyclic amines) is 1. The van der Waals surface area contributed by atoms with Crippen molar-refractivity contribution in [2.45, 2.75) is 19.3 Å². The lowest BCUT2D eigenvalue weighted by Gasteiger charge is -2.29. The maximum atomic E-state index is 4.38. The first kappa shape index (κ1) is 12.3. The van der Waals surface area contributed by atoms with Gasteiger partial charge in [-0.05, 0) is 38.8 Å². The predicted octanol–water partition coefficient (Wildman–Crippen LogP) is 1.43. The molecule has 2 heterocycles. The molecule has 1 aromatic heterocycles. The summed E-state index contributed by atoms with van der Waals surface area (Å²) in [6.07, 6.45) is 5.39. The number of hydrogen-bond donors (Lipinski definition) is 0. The third-order valence-electron chi connectivity index (χ3n) is 3.39. The summed E-state index contributed by atoms with van der Waals surface area (Å²) in [6, 6.07) is 2.11. The molecule has 2 rings (SSSR count). The van der Waals surface area contributed by atoms with Crippen molar-refractivity contribution >= 4 is 5.82 Å². The highest BCUT2D eigenvalue weighted by Crippen LogP contribution is 2.20. The Kier molecular flexibility index (Phi) is 3.94. The van der Waals surface area contributed by atoms with Crippen LogP contribution in [0.15, 0.2) is 12.4 Å². The second-order valence-corrected chi connectivity index (χ2v) is 5.24. The molecule has 0 unspecified atom stereocenters.